The van der Waals surface area contributed by atoms with E-state index in [-0.39, 0.29) is 17.9 Å². The molecule has 0 aromatic carbocycles. The number of hydrogen-bond acceptors (Lipinski definition) is 4. The van der Waals surface area contributed by atoms with Crippen LogP contribution in [0.15, 0.2) is 0 Å². The Hall–Kier alpha value is -0.940. The zero-order valence-electron chi connectivity index (χ0n) is 11.3. The van der Waals surface area contributed by atoms with Gasteiger partial charge >= 0.3 is 0 Å². The zero-order valence-corrected chi connectivity index (χ0v) is 11.3. The van der Waals surface area contributed by atoms with Gasteiger partial charge in [-0.15, -0.1) is 0 Å². The zero-order chi connectivity index (χ0) is 13.1. The van der Waals surface area contributed by atoms with E-state index in [1.54, 1.807) is 7.05 Å². The number of imide groups is 1. The van der Waals surface area contributed by atoms with E-state index in [0.717, 1.165) is 38.9 Å². The number of amides is 2. The molecule has 2 amide bonds. The van der Waals surface area contributed by atoms with Crippen molar-refractivity contribution in [2.24, 2.45) is 0 Å². The maximum atomic E-state index is 12.1. The second kappa shape index (κ2) is 5.80. The number of likely N-dealkylation sites (tertiary alicyclic amines) is 1. The quantitative estimate of drug-likeness (QED) is 0.728. The van der Waals surface area contributed by atoms with Crippen LogP contribution in [0, 0.1) is 0 Å². The summed E-state index contributed by atoms with van der Waals surface area (Å²) in [4.78, 5) is 27.3. The molecule has 5 heteroatoms. The molecule has 0 radical (unpaired) electrons. The van der Waals surface area contributed by atoms with Crippen molar-refractivity contribution in [3.8, 4) is 0 Å². The van der Waals surface area contributed by atoms with E-state index in [1.807, 2.05) is 0 Å². The lowest BCUT2D eigenvalue weighted by molar-refractivity contribution is -0.138. The van der Waals surface area contributed by atoms with Gasteiger partial charge in [-0.3, -0.25) is 19.4 Å². The summed E-state index contributed by atoms with van der Waals surface area (Å²) in [5, 5.41) is 3.38. The van der Waals surface area contributed by atoms with Crippen molar-refractivity contribution in [2.75, 3.05) is 26.7 Å². The molecule has 2 unspecified atom stereocenters. The third-order valence-corrected chi connectivity index (χ3v) is 3.98. The summed E-state index contributed by atoms with van der Waals surface area (Å²) < 4.78 is 0. The van der Waals surface area contributed by atoms with Crippen LogP contribution in [0.2, 0.25) is 0 Å². The van der Waals surface area contributed by atoms with Gasteiger partial charge in [-0.05, 0) is 32.4 Å². The van der Waals surface area contributed by atoms with E-state index < -0.39 is 0 Å². The summed E-state index contributed by atoms with van der Waals surface area (Å²) in [5.74, 6) is -0.0751. The molecular formula is C13H23N3O2. The van der Waals surface area contributed by atoms with Gasteiger partial charge in [-0.25, -0.2) is 0 Å². The van der Waals surface area contributed by atoms with Gasteiger partial charge < -0.3 is 5.32 Å². The lowest BCUT2D eigenvalue weighted by atomic mass is 10.0. The molecule has 2 fully saturated rings. The third-order valence-electron chi connectivity index (χ3n) is 3.98. The Labute approximate surface area is 108 Å². The topological polar surface area (TPSA) is 52.7 Å². The molecule has 5 nitrogen and oxygen atoms in total. The van der Waals surface area contributed by atoms with E-state index >= 15 is 0 Å². The molecule has 0 saturated carbocycles. The number of nitrogens with one attached hydrogen (secondary N) is 1. The van der Waals surface area contributed by atoms with E-state index in [2.05, 4.69) is 17.1 Å². The first-order valence-electron chi connectivity index (χ1n) is 6.92. The van der Waals surface area contributed by atoms with Crippen molar-refractivity contribution in [1.82, 2.24) is 15.1 Å². The fourth-order valence-corrected chi connectivity index (χ4v) is 2.96. The highest BCUT2D eigenvalue weighted by Crippen LogP contribution is 2.22. The molecule has 2 atom stereocenters. The van der Waals surface area contributed by atoms with Crippen molar-refractivity contribution in [3.63, 3.8) is 0 Å². The molecule has 0 aromatic heterocycles. The van der Waals surface area contributed by atoms with Crippen LogP contribution < -0.4 is 5.32 Å². The van der Waals surface area contributed by atoms with Gasteiger partial charge in [-0.2, -0.15) is 0 Å². The minimum absolute atomic E-state index is 0.0287. The summed E-state index contributed by atoms with van der Waals surface area (Å²) in [6.07, 6.45) is 3.63. The van der Waals surface area contributed by atoms with Gasteiger partial charge in [0.05, 0.1) is 12.5 Å². The van der Waals surface area contributed by atoms with Crippen LogP contribution in [0.3, 0.4) is 0 Å². The Bertz CT molecular complexity index is 326. The first-order chi connectivity index (χ1) is 8.65. The van der Waals surface area contributed by atoms with Crippen LogP contribution in [0.4, 0.5) is 0 Å². The molecule has 2 aliphatic rings. The predicted octanol–water partition coefficient (Wildman–Crippen LogP) is 0.208. The van der Waals surface area contributed by atoms with Gasteiger partial charge in [0.1, 0.15) is 0 Å². The first kappa shape index (κ1) is 13.5. The summed E-state index contributed by atoms with van der Waals surface area (Å²) in [6, 6.07) is 0.166. The van der Waals surface area contributed by atoms with Gasteiger partial charge in [0.15, 0.2) is 0 Å². The molecule has 2 rings (SSSR count). The third kappa shape index (κ3) is 2.57. The highest BCUT2D eigenvalue weighted by atomic mass is 16.2. The lowest BCUT2D eigenvalue weighted by Crippen LogP contribution is -2.52. The number of rotatable bonds is 4. The number of likely N-dealkylation sites (N-methyl/N-ethyl adjacent to an activating group) is 1. The Morgan fingerprint density at radius 3 is 2.72 bits per heavy atom. The molecule has 2 heterocycles. The van der Waals surface area contributed by atoms with E-state index in [4.69, 9.17) is 0 Å². The van der Waals surface area contributed by atoms with E-state index in [1.165, 1.54) is 4.90 Å². The van der Waals surface area contributed by atoms with Crippen LogP contribution in [0.25, 0.3) is 0 Å². The van der Waals surface area contributed by atoms with Crippen molar-refractivity contribution in [3.05, 3.63) is 0 Å². The molecule has 0 spiro atoms. The summed E-state index contributed by atoms with van der Waals surface area (Å²) in [7, 11) is 1.59. The molecule has 0 aliphatic carbocycles. The average Bonchev–Trinajstić information content (AvgIpc) is 2.65. The number of piperidine rings is 1. The molecule has 0 aromatic rings. The molecule has 0 bridgehead atoms. The van der Waals surface area contributed by atoms with E-state index in [9.17, 15) is 9.59 Å². The SMILES string of the molecule is CCCN(C1CCCNC1)C1CC(=O)N(C)C1=O. The maximum absolute atomic E-state index is 12.1. The van der Waals surface area contributed by atoms with E-state index in [0.29, 0.717) is 12.5 Å². The van der Waals surface area contributed by atoms with Gasteiger partial charge in [0.2, 0.25) is 11.8 Å². The van der Waals surface area contributed by atoms with Crippen LogP contribution in [0.1, 0.15) is 32.6 Å². The maximum Gasteiger partial charge on any atom is 0.246 e. The van der Waals surface area contributed by atoms with Crippen molar-refractivity contribution in [2.45, 2.75) is 44.7 Å². The predicted molar refractivity (Wildman–Crippen MR) is 69.1 cm³/mol. The number of nitrogens with zero attached hydrogens (tertiary/aromatic N) is 2. The normalized spacial score (nSPS) is 29.4. The smallest absolute Gasteiger partial charge is 0.246 e. The second-order valence-electron chi connectivity index (χ2n) is 5.25. The fraction of sp³-hybridized carbons (Fsp3) is 0.846. The first-order valence-corrected chi connectivity index (χ1v) is 6.92. The number of carbonyl (C=O) groups excluding carboxylic acids is 2. The Morgan fingerprint density at radius 1 is 1.44 bits per heavy atom. The highest BCUT2D eigenvalue weighted by molar-refractivity contribution is 6.05. The Kier molecular flexibility index (Phi) is 4.35. The minimum atomic E-state index is -0.229. The van der Waals surface area contributed by atoms with Crippen LogP contribution in [-0.4, -0.2) is 60.4 Å². The lowest BCUT2D eigenvalue weighted by Gasteiger charge is -2.37. The summed E-state index contributed by atoms with van der Waals surface area (Å²) >= 11 is 0. The second-order valence-corrected chi connectivity index (χ2v) is 5.25. The van der Waals surface area contributed by atoms with Gasteiger partial charge in [0.25, 0.3) is 0 Å². The summed E-state index contributed by atoms with van der Waals surface area (Å²) in [6.45, 7) is 5.01. The summed E-state index contributed by atoms with van der Waals surface area (Å²) in [5.41, 5.74) is 0. The molecule has 1 N–H and O–H groups in total. The number of carbonyl (C=O) groups is 2. The molecule has 2 saturated heterocycles. The highest BCUT2D eigenvalue weighted by Gasteiger charge is 2.41. The van der Waals surface area contributed by atoms with Crippen molar-refractivity contribution >= 4 is 11.8 Å². The number of hydrogen-bond donors (Lipinski definition) is 1. The van der Waals surface area contributed by atoms with Crippen molar-refractivity contribution in [1.29, 1.82) is 0 Å². The Balaban J connectivity index is 2.09. The molecule has 2 aliphatic heterocycles. The molecule has 18 heavy (non-hydrogen) atoms. The molecular weight excluding hydrogens is 230 g/mol. The largest absolute Gasteiger partial charge is 0.315 e. The Morgan fingerprint density at radius 2 is 2.22 bits per heavy atom. The minimum Gasteiger partial charge on any atom is -0.315 e. The van der Waals surface area contributed by atoms with Gasteiger partial charge in [-0.1, -0.05) is 6.92 Å². The van der Waals surface area contributed by atoms with Crippen molar-refractivity contribution < 1.29 is 9.59 Å². The fourth-order valence-electron chi connectivity index (χ4n) is 2.96. The average molecular weight is 253 g/mol. The molecule has 102 valence electrons. The van der Waals surface area contributed by atoms with Crippen LogP contribution in [-0.2, 0) is 9.59 Å². The standard InChI is InChI=1S/C13H23N3O2/c1-3-7-16(10-5-4-6-14-9-10)11-8-12(17)15(2)13(11)18/h10-11,14H,3-9H2,1-2H3. The monoisotopic (exact) mass is 253 g/mol. The van der Waals surface area contributed by atoms with Crippen LogP contribution >= 0.6 is 0 Å². The van der Waals surface area contributed by atoms with Crippen LogP contribution in [0.5, 0.6) is 0 Å². The van der Waals surface area contributed by atoms with Gasteiger partial charge in [0, 0.05) is 19.6 Å².